The van der Waals surface area contributed by atoms with Crippen molar-refractivity contribution in [3.8, 4) is 17.0 Å². The fourth-order valence-corrected chi connectivity index (χ4v) is 2.49. The van der Waals surface area contributed by atoms with E-state index in [1.165, 1.54) is 4.90 Å². The van der Waals surface area contributed by atoms with Gasteiger partial charge >= 0.3 is 0 Å². The number of hydrogen-bond acceptors (Lipinski definition) is 4. The number of methoxy groups -OCH3 is 1. The van der Waals surface area contributed by atoms with Crippen LogP contribution in [0.4, 0.5) is 5.82 Å². The first kappa shape index (κ1) is 14.1. The van der Waals surface area contributed by atoms with Crippen LogP contribution in [-0.2, 0) is 9.59 Å². The smallest absolute Gasteiger partial charge is 0.229 e. The fraction of sp³-hybridized carbons (Fsp3) is 0.267. The molecular formula is C15H16N4O3. The predicted molar refractivity (Wildman–Crippen MR) is 80.2 cm³/mol. The van der Waals surface area contributed by atoms with E-state index in [-0.39, 0.29) is 18.9 Å². The van der Waals surface area contributed by atoms with Crippen LogP contribution in [0.25, 0.3) is 11.3 Å². The molecule has 3 rings (SSSR count). The molecule has 2 aromatic rings. The Morgan fingerprint density at radius 3 is 2.73 bits per heavy atom. The molecule has 1 aromatic carbocycles. The average molecular weight is 300 g/mol. The minimum absolute atomic E-state index is 0.139. The number of H-pyrrole nitrogens is 1. The Kier molecular flexibility index (Phi) is 3.54. The fourth-order valence-electron chi connectivity index (χ4n) is 2.49. The highest BCUT2D eigenvalue weighted by atomic mass is 16.5. The lowest BCUT2D eigenvalue weighted by Gasteiger charge is -2.11. The number of hydrogen-bond donors (Lipinski definition) is 2. The summed E-state index contributed by atoms with van der Waals surface area (Å²) < 4.78 is 5.12. The Morgan fingerprint density at radius 1 is 1.41 bits per heavy atom. The van der Waals surface area contributed by atoms with E-state index in [4.69, 9.17) is 10.5 Å². The number of nitrogens with one attached hydrogen (secondary N) is 1. The molecule has 0 spiro atoms. The van der Waals surface area contributed by atoms with Gasteiger partial charge in [-0.25, -0.2) is 0 Å². The summed E-state index contributed by atoms with van der Waals surface area (Å²) in [5.41, 5.74) is 6.98. The van der Waals surface area contributed by atoms with Crippen LogP contribution < -0.4 is 15.4 Å². The zero-order valence-corrected chi connectivity index (χ0v) is 12.1. The third-order valence-electron chi connectivity index (χ3n) is 3.77. The zero-order valence-electron chi connectivity index (χ0n) is 12.1. The molecule has 1 fully saturated rings. The lowest BCUT2D eigenvalue weighted by molar-refractivity contribution is -0.123. The van der Waals surface area contributed by atoms with E-state index in [1.807, 2.05) is 24.3 Å². The molecule has 0 saturated carbocycles. The number of aromatic amines is 1. The highest BCUT2D eigenvalue weighted by molar-refractivity contribution is 5.99. The summed E-state index contributed by atoms with van der Waals surface area (Å²) in [5, 5.41) is 7.06. The highest BCUT2D eigenvalue weighted by Crippen LogP contribution is 2.27. The molecule has 3 N–H and O–H groups in total. The number of anilines is 1. The van der Waals surface area contributed by atoms with Crippen LogP contribution in [0.3, 0.4) is 0 Å². The van der Waals surface area contributed by atoms with Crippen molar-refractivity contribution in [3.63, 3.8) is 0 Å². The van der Waals surface area contributed by atoms with E-state index < -0.39 is 11.8 Å². The van der Waals surface area contributed by atoms with Gasteiger partial charge in [-0.15, -0.1) is 0 Å². The van der Waals surface area contributed by atoms with Crippen LogP contribution in [0.15, 0.2) is 30.3 Å². The van der Waals surface area contributed by atoms with Crippen molar-refractivity contribution >= 4 is 17.6 Å². The second-order valence-corrected chi connectivity index (χ2v) is 5.18. The number of nitrogens with two attached hydrogens (primary N) is 1. The molecule has 1 aliphatic heterocycles. The number of primary amides is 1. The summed E-state index contributed by atoms with van der Waals surface area (Å²) in [6, 6.07) is 9.27. The van der Waals surface area contributed by atoms with Crippen molar-refractivity contribution in [1.82, 2.24) is 10.2 Å². The van der Waals surface area contributed by atoms with E-state index in [9.17, 15) is 9.59 Å². The van der Waals surface area contributed by atoms with Crippen LogP contribution in [0.5, 0.6) is 5.75 Å². The lowest BCUT2D eigenvalue weighted by Crippen LogP contribution is -2.28. The Hall–Kier alpha value is -2.83. The molecule has 1 aromatic heterocycles. The highest BCUT2D eigenvalue weighted by Gasteiger charge is 2.35. The van der Waals surface area contributed by atoms with Gasteiger partial charge < -0.3 is 10.5 Å². The van der Waals surface area contributed by atoms with Gasteiger partial charge in [0.15, 0.2) is 5.82 Å². The molecule has 7 heteroatoms. The molecule has 1 unspecified atom stereocenters. The third-order valence-corrected chi connectivity index (χ3v) is 3.77. The summed E-state index contributed by atoms with van der Waals surface area (Å²) in [6.45, 7) is 0.279. The van der Waals surface area contributed by atoms with Crippen LogP contribution in [-0.4, -0.2) is 35.7 Å². The molecule has 0 aliphatic carbocycles. The summed E-state index contributed by atoms with van der Waals surface area (Å²) >= 11 is 0. The van der Waals surface area contributed by atoms with Crippen molar-refractivity contribution in [2.75, 3.05) is 18.6 Å². The molecular weight excluding hydrogens is 284 g/mol. The van der Waals surface area contributed by atoms with Crippen LogP contribution in [0.2, 0.25) is 0 Å². The SMILES string of the molecule is COc1ccc(-c2cc(N3CC(C(N)=O)CC3=O)n[nH]2)cc1. The Morgan fingerprint density at radius 2 is 2.14 bits per heavy atom. The molecule has 1 saturated heterocycles. The first-order chi connectivity index (χ1) is 10.6. The number of aromatic nitrogens is 2. The van der Waals surface area contributed by atoms with Gasteiger partial charge in [0.25, 0.3) is 0 Å². The molecule has 114 valence electrons. The summed E-state index contributed by atoms with van der Waals surface area (Å²) in [4.78, 5) is 24.7. The van der Waals surface area contributed by atoms with Gasteiger partial charge in [-0.2, -0.15) is 5.10 Å². The maximum atomic E-state index is 12.0. The maximum absolute atomic E-state index is 12.0. The zero-order chi connectivity index (χ0) is 15.7. The van der Waals surface area contributed by atoms with Crippen molar-refractivity contribution in [2.24, 2.45) is 11.7 Å². The van der Waals surface area contributed by atoms with Gasteiger partial charge in [-0.05, 0) is 29.8 Å². The van der Waals surface area contributed by atoms with E-state index in [0.717, 1.165) is 17.0 Å². The largest absolute Gasteiger partial charge is 0.497 e. The van der Waals surface area contributed by atoms with Crippen molar-refractivity contribution < 1.29 is 14.3 Å². The van der Waals surface area contributed by atoms with Gasteiger partial charge in [0.2, 0.25) is 11.8 Å². The van der Waals surface area contributed by atoms with Crippen LogP contribution in [0, 0.1) is 5.92 Å². The predicted octanol–water partition coefficient (Wildman–Crippen LogP) is 0.923. The quantitative estimate of drug-likeness (QED) is 0.876. The number of carbonyl (C=O) groups excluding carboxylic acids is 2. The normalized spacial score (nSPS) is 17.8. The van der Waals surface area contributed by atoms with Gasteiger partial charge in [-0.3, -0.25) is 19.6 Å². The Labute approximate surface area is 127 Å². The van der Waals surface area contributed by atoms with Gasteiger partial charge in [0.05, 0.1) is 18.7 Å². The minimum Gasteiger partial charge on any atom is -0.497 e. The molecule has 1 aliphatic rings. The molecule has 1 atom stereocenters. The first-order valence-corrected chi connectivity index (χ1v) is 6.88. The van der Waals surface area contributed by atoms with E-state index >= 15 is 0 Å². The summed E-state index contributed by atoms with van der Waals surface area (Å²) in [6.07, 6.45) is 0.139. The number of carbonyl (C=O) groups is 2. The summed E-state index contributed by atoms with van der Waals surface area (Å²) in [7, 11) is 1.61. The lowest BCUT2D eigenvalue weighted by atomic mass is 10.1. The molecule has 22 heavy (non-hydrogen) atoms. The number of amides is 2. The van der Waals surface area contributed by atoms with Crippen molar-refractivity contribution in [3.05, 3.63) is 30.3 Å². The van der Waals surface area contributed by atoms with E-state index in [0.29, 0.717) is 5.82 Å². The number of benzene rings is 1. The molecule has 7 nitrogen and oxygen atoms in total. The number of ether oxygens (including phenoxy) is 1. The number of rotatable bonds is 4. The van der Waals surface area contributed by atoms with Gasteiger partial charge in [0.1, 0.15) is 5.75 Å². The maximum Gasteiger partial charge on any atom is 0.229 e. The van der Waals surface area contributed by atoms with Crippen molar-refractivity contribution in [1.29, 1.82) is 0 Å². The van der Waals surface area contributed by atoms with E-state index in [1.54, 1.807) is 13.2 Å². The van der Waals surface area contributed by atoms with Gasteiger partial charge in [0, 0.05) is 19.0 Å². The second-order valence-electron chi connectivity index (χ2n) is 5.18. The molecule has 2 amide bonds. The molecule has 0 bridgehead atoms. The van der Waals surface area contributed by atoms with Crippen molar-refractivity contribution in [2.45, 2.75) is 6.42 Å². The Bertz CT molecular complexity index is 708. The third kappa shape index (κ3) is 2.52. The molecule has 2 heterocycles. The standard InChI is InChI=1S/C15H16N4O3/c1-22-11-4-2-9(3-5-11)12-7-13(18-17-12)19-8-10(15(16)21)6-14(19)20/h2-5,7,10H,6,8H2,1H3,(H2,16,21)(H,17,18). The number of nitrogens with zero attached hydrogens (tertiary/aromatic N) is 2. The average Bonchev–Trinajstić information content (AvgIpc) is 3.14. The minimum atomic E-state index is -0.457. The monoisotopic (exact) mass is 300 g/mol. The van der Waals surface area contributed by atoms with Crippen LogP contribution in [0.1, 0.15) is 6.42 Å². The van der Waals surface area contributed by atoms with E-state index in [2.05, 4.69) is 10.2 Å². The van der Waals surface area contributed by atoms with Gasteiger partial charge in [-0.1, -0.05) is 0 Å². The summed E-state index contributed by atoms with van der Waals surface area (Å²) in [5.74, 6) is 0.217. The second kappa shape index (κ2) is 5.51. The topological polar surface area (TPSA) is 101 Å². The molecule has 0 radical (unpaired) electrons. The van der Waals surface area contributed by atoms with Crippen LogP contribution >= 0.6 is 0 Å². The Balaban J connectivity index is 1.81. The first-order valence-electron chi connectivity index (χ1n) is 6.88.